The van der Waals surface area contributed by atoms with E-state index in [1.54, 1.807) is 16.8 Å². The smallest absolute Gasteiger partial charge is 0.133 e. The number of nitrogens with zero attached hydrogens (tertiary/aromatic N) is 2. The van der Waals surface area contributed by atoms with Crippen LogP contribution in [0, 0.1) is 12.7 Å². The van der Waals surface area contributed by atoms with Crippen LogP contribution in [0.3, 0.4) is 0 Å². The molecule has 0 radical (unpaired) electrons. The van der Waals surface area contributed by atoms with E-state index in [1.165, 1.54) is 12.1 Å². The van der Waals surface area contributed by atoms with E-state index in [0.717, 1.165) is 22.5 Å². The fraction of sp³-hybridized carbons (Fsp3) is 0.0625. The van der Waals surface area contributed by atoms with Crippen molar-refractivity contribution < 1.29 is 4.39 Å². The summed E-state index contributed by atoms with van der Waals surface area (Å²) in [6.45, 7) is 1.83. The van der Waals surface area contributed by atoms with Crippen molar-refractivity contribution in [3.05, 3.63) is 71.1 Å². The fourth-order valence-corrected chi connectivity index (χ4v) is 2.37. The van der Waals surface area contributed by atoms with Gasteiger partial charge in [-0.1, -0.05) is 41.9 Å². The minimum atomic E-state index is -0.266. The average Bonchev–Trinajstić information content (AvgIpc) is 2.82. The minimum Gasteiger partial charge on any atom is -0.221 e. The first-order valence-corrected chi connectivity index (χ1v) is 6.60. The number of benzene rings is 2. The number of aryl methyl sites for hydroxylation is 1. The lowest BCUT2D eigenvalue weighted by atomic mass is 10.2. The molecule has 3 aromatic rings. The molecule has 0 amide bonds. The molecule has 0 aliphatic rings. The number of hydrogen-bond donors (Lipinski definition) is 0. The van der Waals surface area contributed by atoms with E-state index in [1.807, 2.05) is 37.3 Å². The van der Waals surface area contributed by atoms with Crippen molar-refractivity contribution in [3.63, 3.8) is 0 Å². The first-order valence-electron chi connectivity index (χ1n) is 6.22. The molecular weight excluding hydrogens is 275 g/mol. The number of aromatic nitrogens is 2. The molecule has 20 heavy (non-hydrogen) atoms. The SMILES string of the molecule is Cc1cc(F)ccc1-n1nc(-c2ccccc2)cc1Cl. The number of halogens is 2. The van der Waals surface area contributed by atoms with Crippen LogP contribution in [-0.2, 0) is 0 Å². The molecule has 0 spiro atoms. The Bertz CT molecular complexity index is 750. The van der Waals surface area contributed by atoms with E-state index < -0.39 is 0 Å². The van der Waals surface area contributed by atoms with Gasteiger partial charge < -0.3 is 0 Å². The molecule has 3 rings (SSSR count). The van der Waals surface area contributed by atoms with Crippen LogP contribution in [0.2, 0.25) is 5.15 Å². The maximum absolute atomic E-state index is 13.2. The minimum absolute atomic E-state index is 0.266. The molecule has 2 aromatic carbocycles. The highest BCUT2D eigenvalue weighted by Crippen LogP contribution is 2.26. The zero-order chi connectivity index (χ0) is 14.1. The van der Waals surface area contributed by atoms with Gasteiger partial charge in [-0.3, -0.25) is 0 Å². The summed E-state index contributed by atoms with van der Waals surface area (Å²) in [6.07, 6.45) is 0. The Morgan fingerprint density at radius 3 is 2.50 bits per heavy atom. The van der Waals surface area contributed by atoms with Gasteiger partial charge in [0.1, 0.15) is 11.0 Å². The maximum Gasteiger partial charge on any atom is 0.133 e. The van der Waals surface area contributed by atoms with E-state index >= 15 is 0 Å². The molecule has 0 saturated carbocycles. The van der Waals surface area contributed by atoms with Gasteiger partial charge >= 0.3 is 0 Å². The largest absolute Gasteiger partial charge is 0.221 e. The van der Waals surface area contributed by atoms with Gasteiger partial charge in [-0.25, -0.2) is 9.07 Å². The van der Waals surface area contributed by atoms with Gasteiger partial charge in [-0.15, -0.1) is 0 Å². The van der Waals surface area contributed by atoms with Crippen LogP contribution in [0.4, 0.5) is 4.39 Å². The maximum atomic E-state index is 13.2. The van der Waals surface area contributed by atoms with Crippen molar-refractivity contribution >= 4 is 11.6 Å². The Morgan fingerprint density at radius 2 is 1.80 bits per heavy atom. The highest BCUT2D eigenvalue weighted by Gasteiger charge is 2.11. The van der Waals surface area contributed by atoms with Crippen LogP contribution >= 0.6 is 11.6 Å². The van der Waals surface area contributed by atoms with Crippen molar-refractivity contribution in [1.82, 2.24) is 9.78 Å². The molecule has 0 atom stereocenters. The molecule has 4 heteroatoms. The monoisotopic (exact) mass is 286 g/mol. The Labute approximate surface area is 121 Å². The van der Waals surface area contributed by atoms with E-state index in [2.05, 4.69) is 5.10 Å². The third kappa shape index (κ3) is 2.32. The summed E-state index contributed by atoms with van der Waals surface area (Å²) in [5.74, 6) is -0.266. The Morgan fingerprint density at radius 1 is 1.05 bits per heavy atom. The second-order valence-corrected chi connectivity index (χ2v) is 4.95. The molecule has 0 bridgehead atoms. The predicted molar refractivity (Wildman–Crippen MR) is 78.7 cm³/mol. The third-order valence-corrected chi connectivity index (χ3v) is 3.39. The zero-order valence-electron chi connectivity index (χ0n) is 10.8. The first kappa shape index (κ1) is 12.9. The van der Waals surface area contributed by atoms with Crippen molar-refractivity contribution in [3.8, 4) is 16.9 Å². The van der Waals surface area contributed by atoms with Crippen molar-refractivity contribution in [2.45, 2.75) is 6.92 Å². The van der Waals surface area contributed by atoms with Crippen molar-refractivity contribution in [2.75, 3.05) is 0 Å². The molecule has 0 saturated heterocycles. The van der Waals surface area contributed by atoms with Gasteiger partial charge in [0.05, 0.1) is 11.4 Å². The zero-order valence-corrected chi connectivity index (χ0v) is 11.6. The summed E-state index contributed by atoms with van der Waals surface area (Å²) >= 11 is 6.25. The van der Waals surface area contributed by atoms with Crippen molar-refractivity contribution in [2.24, 2.45) is 0 Å². The lowest BCUT2D eigenvalue weighted by Crippen LogP contribution is -2.00. The van der Waals surface area contributed by atoms with Gasteiger partial charge in [0.25, 0.3) is 0 Å². The molecule has 1 heterocycles. The predicted octanol–water partition coefficient (Wildman–Crippen LogP) is 4.64. The normalized spacial score (nSPS) is 10.8. The van der Waals surface area contributed by atoms with Crippen LogP contribution in [0.25, 0.3) is 16.9 Å². The van der Waals surface area contributed by atoms with E-state index in [9.17, 15) is 4.39 Å². The molecule has 0 unspecified atom stereocenters. The fourth-order valence-electron chi connectivity index (χ4n) is 2.13. The lowest BCUT2D eigenvalue weighted by Gasteiger charge is -2.06. The molecule has 0 N–H and O–H groups in total. The standard InChI is InChI=1S/C16H12ClFN2/c1-11-9-13(18)7-8-15(11)20-16(17)10-14(19-20)12-5-3-2-4-6-12/h2-10H,1H3. The summed E-state index contributed by atoms with van der Waals surface area (Å²) in [4.78, 5) is 0. The molecule has 0 aliphatic heterocycles. The average molecular weight is 287 g/mol. The van der Waals surface area contributed by atoms with Crippen molar-refractivity contribution in [1.29, 1.82) is 0 Å². The van der Waals surface area contributed by atoms with Crippen LogP contribution < -0.4 is 0 Å². The van der Waals surface area contributed by atoms with Crippen LogP contribution in [0.1, 0.15) is 5.56 Å². The summed E-state index contributed by atoms with van der Waals surface area (Å²) in [6, 6.07) is 16.2. The lowest BCUT2D eigenvalue weighted by molar-refractivity contribution is 0.625. The third-order valence-electron chi connectivity index (χ3n) is 3.12. The molecule has 1 aromatic heterocycles. The second-order valence-electron chi connectivity index (χ2n) is 4.56. The van der Waals surface area contributed by atoms with Gasteiger partial charge in [0, 0.05) is 11.6 Å². The highest BCUT2D eigenvalue weighted by atomic mass is 35.5. The molecule has 0 aliphatic carbocycles. The number of hydrogen-bond acceptors (Lipinski definition) is 1. The van der Waals surface area contributed by atoms with Gasteiger partial charge in [0.2, 0.25) is 0 Å². The molecular formula is C16H12ClFN2. The summed E-state index contributed by atoms with van der Waals surface area (Å²) < 4.78 is 14.8. The molecule has 0 fully saturated rings. The first-order chi connectivity index (χ1) is 9.65. The second kappa shape index (κ2) is 5.10. The topological polar surface area (TPSA) is 17.8 Å². The summed E-state index contributed by atoms with van der Waals surface area (Å²) in [5.41, 5.74) is 3.35. The van der Waals surface area contributed by atoms with E-state index in [-0.39, 0.29) is 5.82 Å². The quantitative estimate of drug-likeness (QED) is 0.671. The summed E-state index contributed by atoms with van der Waals surface area (Å²) in [5, 5.41) is 5.00. The number of rotatable bonds is 2. The summed E-state index contributed by atoms with van der Waals surface area (Å²) in [7, 11) is 0. The van der Waals surface area contributed by atoms with Gasteiger partial charge in [-0.2, -0.15) is 5.10 Å². The van der Waals surface area contributed by atoms with Crippen LogP contribution in [-0.4, -0.2) is 9.78 Å². The highest BCUT2D eigenvalue weighted by molar-refractivity contribution is 6.30. The Hall–Kier alpha value is -2.13. The Kier molecular flexibility index (Phi) is 3.28. The van der Waals surface area contributed by atoms with E-state index in [0.29, 0.717) is 5.15 Å². The molecule has 100 valence electrons. The van der Waals surface area contributed by atoms with Crippen LogP contribution in [0.15, 0.2) is 54.6 Å². The van der Waals surface area contributed by atoms with Gasteiger partial charge in [-0.05, 0) is 30.7 Å². The Balaban J connectivity index is 2.10. The van der Waals surface area contributed by atoms with Crippen LogP contribution in [0.5, 0.6) is 0 Å². The molecule has 2 nitrogen and oxygen atoms in total. The van der Waals surface area contributed by atoms with Gasteiger partial charge in [0.15, 0.2) is 0 Å². The van der Waals surface area contributed by atoms with E-state index in [4.69, 9.17) is 11.6 Å².